The highest BCUT2D eigenvalue weighted by atomic mass is 19.1. The molecule has 158 valence electrons. The normalized spacial score (nSPS) is 16.0. The first-order valence-corrected chi connectivity index (χ1v) is 9.75. The Kier molecular flexibility index (Phi) is 4.93. The zero-order valence-corrected chi connectivity index (χ0v) is 16.9. The molecule has 2 amide bonds. The molecule has 0 unspecified atom stereocenters. The average molecular weight is 415 g/mol. The molecule has 1 fully saturated rings. The van der Waals surface area contributed by atoms with E-state index in [9.17, 15) is 13.6 Å². The number of hydrogen-bond donors (Lipinski definition) is 3. The number of carbonyl (C=O) groups excluding carboxylic acids is 1. The summed E-state index contributed by atoms with van der Waals surface area (Å²) in [5, 5.41) is 5.85. The lowest BCUT2D eigenvalue weighted by Crippen LogP contribution is -2.35. The molecule has 1 atom stereocenters. The maximum Gasteiger partial charge on any atom is 0.319 e. The van der Waals surface area contributed by atoms with Crippen LogP contribution in [0.5, 0.6) is 0 Å². The van der Waals surface area contributed by atoms with Gasteiger partial charge in [0, 0.05) is 17.0 Å². The number of urea groups is 1. The number of halogens is 2. The molecule has 30 heavy (non-hydrogen) atoms. The summed E-state index contributed by atoms with van der Waals surface area (Å²) >= 11 is 0. The Morgan fingerprint density at radius 2 is 1.90 bits per heavy atom. The molecule has 0 bridgehead atoms. The zero-order chi connectivity index (χ0) is 21.6. The van der Waals surface area contributed by atoms with Crippen molar-refractivity contribution in [3.05, 3.63) is 53.3 Å². The van der Waals surface area contributed by atoms with Crippen LogP contribution in [0.3, 0.4) is 0 Å². The Morgan fingerprint density at radius 3 is 2.50 bits per heavy atom. The summed E-state index contributed by atoms with van der Waals surface area (Å²) in [7, 11) is 0. The highest BCUT2D eigenvalue weighted by Crippen LogP contribution is 2.40. The SMILES string of the molecule is Cc1c([C@H](NC(=O)Nc2cnc(C3(N)CC3)nc2)C(C)C)oc2c(F)cc(F)cc12. The second-order valence-corrected chi connectivity index (χ2v) is 8.13. The second kappa shape index (κ2) is 7.32. The summed E-state index contributed by atoms with van der Waals surface area (Å²) < 4.78 is 33.4. The molecule has 1 saturated carbocycles. The Morgan fingerprint density at radius 1 is 1.23 bits per heavy atom. The van der Waals surface area contributed by atoms with Crippen LogP contribution in [-0.2, 0) is 5.54 Å². The molecule has 1 aromatic carbocycles. The summed E-state index contributed by atoms with van der Waals surface area (Å²) in [6.45, 7) is 5.49. The van der Waals surface area contributed by atoms with E-state index in [-0.39, 0.29) is 11.5 Å². The molecule has 4 N–H and O–H groups in total. The molecule has 0 aliphatic heterocycles. The molecule has 1 aliphatic rings. The first-order chi connectivity index (χ1) is 14.2. The van der Waals surface area contributed by atoms with Crippen molar-refractivity contribution in [2.24, 2.45) is 11.7 Å². The number of fused-ring (bicyclic) bond motifs is 1. The summed E-state index contributed by atoms with van der Waals surface area (Å²) in [4.78, 5) is 21.0. The quantitative estimate of drug-likeness (QED) is 0.577. The fourth-order valence-electron chi connectivity index (χ4n) is 3.41. The fourth-order valence-corrected chi connectivity index (χ4v) is 3.41. The highest BCUT2D eigenvalue weighted by Gasteiger charge is 2.42. The van der Waals surface area contributed by atoms with Gasteiger partial charge >= 0.3 is 6.03 Å². The van der Waals surface area contributed by atoms with Gasteiger partial charge in [0.15, 0.2) is 11.4 Å². The smallest absolute Gasteiger partial charge is 0.319 e. The van der Waals surface area contributed by atoms with Crippen molar-refractivity contribution >= 4 is 22.7 Å². The number of nitrogens with zero attached hydrogens (tertiary/aromatic N) is 2. The fraction of sp³-hybridized carbons (Fsp3) is 0.381. The Bertz CT molecular complexity index is 1110. The van der Waals surface area contributed by atoms with Crippen LogP contribution in [0.2, 0.25) is 0 Å². The molecule has 0 spiro atoms. The maximum absolute atomic E-state index is 14.1. The van der Waals surface area contributed by atoms with Gasteiger partial charge in [-0.3, -0.25) is 0 Å². The summed E-state index contributed by atoms with van der Waals surface area (Å²) in [6, 6.07) is 0.946. The van der Waals surface area contributed by atoms with Crippen LogP contribution in [0, 0.1) is 24.5 Å². The number of aryl methyl sites for hydroxylation is 1. The molecule has 7 nitrogen and oxygen atoms in total. The van der Waals surface area contributed by atoms with E-state index >= 15 is 0 Å². The monoisotopic (exact) mass is 415 g/mol. The van der Waals surface area contributed by atoms with Crippen LogP contribution < -0.4 is 16.4 Å². The number of rotatable bonds is 5. The molecule has 2 heterocycles. The van der Waals surface area contributed by atoms with Gasteiger partial charge in [-0.05, 0) is 31.7 Å². The van der Waals surface area contributed by atoms with Crippen molar-refractivity contribution in [2.45, 2.75) is 45.2 Å². The molecule has 0 saturated heterocycles. The van der Waals surface area contributed by atoms with Gasteiger partial charge in [-0.1, -0.05) is 13.8 Å². The molecule has 3 aromatic rings. The minimum absolute atomic E-state index is 0.0310. The van der Waals surface area contributed by atoms with Crippen LogP contribution in [0.15, 0.2) is 28.9 Å². The lowest BCUT2D eigenvalue weighted by atomic mass is 9.98. The van der Waals surface area contributed by atoms with E-state index in [1.807, 2.05) is 13.8 Å². The predicted molar refractivity (Wildman–Crippen MR) is 108 cm³/mol. The van der Waals surface area contributed by atoms with Gasteiger partial charge in [0.2, 0.25) is 0 Å². The summed E-state index contributed by atoms with van der Waals surface area (Å²) in [6.07, 6.45) is 4.70. The van der Waals surface area contributed by atoms with E-state index < -0.39 is 29.2 Å². The van der Waals surface area contributed by atoms with E-state index in [1.54, 1.807) is 6.92 Å². The van der Waals surface area contributed by atoms with Gasteiger partial charge in [0.1, 0.15) is 17.4 Å². The number of benzene rings is 1. The topological polar surface area (TPSA) is 106 Å². The van der Waals surface area contributed by atoms with Gasteiger partial charge < -0.3 is 20.8 Å². The van der Waals surface area contributed by atoms with E-state index in [1.165, 1.54) is 18.5 Å². The molecule has 0 radical (unpaired) electrons. The largest absolute Gasteiger partial charge is 0.455 e. The molecule has 4 rings (SSSR count). The van der Waals surface area contributed by atoms with Gasteiger partial charge in [-0.25, -0.2) is 23.5 Å². The van der Waals surface area contributed by atoms with Crippen molar-refractivity contribution in [3.63, 3.8) is 0 Å². The number of nitrogens with one attached hydrogen (secondary N) is 2. The number of hydrogen-bond acceptors (Lipinski definition) is 5. The van der Waals surface area contributed by atoms with Gasteiger partial charge in [-0.2, -0.15) is 0 Å². The Labute approximate surface area is 172 Å². The third kappa shape index (κ3) is 3.72. The van der Waals surface area contributed by atoms with Crippen molar-refractivity contribution in [1.29, 1.82) is 0 Å². The first kappa shape index (κ1) is 20.2. The van der Waals surface area contributed by atoms with Crippen molar-refractivity contribution < 1.29 is 18.0 Å². The third-order valence-electron chi connectivity index (χ3n) is 5.37. The number of amides is 2. The Balaban J connectivity index is 1.54. The molecular formula is C21H23F2N5O2. The number of aromatic nitrogens is 2. The van der Waals surface area contributed by atoms with Crippen LogP contribution in [0.4, 0.5) is 19.3 Å². The zero-order valence-electron chi connectivity index (χ0n) is 16.9. The van der Waals surface area contributed by atoms with Crippen LogP contribution in [0.1, 0.15) is 49.9 Å². The molecular weight excluding hydrogens is 392 g/mol. The standard InChI is InChI=1S/C21H23F2N5O2/c1-10(2)16(17-11(3)14-6-12(22)7-15(23)18(14)30-17)28-20(29)27-13-8-25-19(26-9-13)21(24)4-5-21/h6-10,16H,4-5,24H2,1-3H3,(H2,27,28,29)/t16-/m1/s1. The van der Waals surface area contributed by atoms with E-state index in [0.717, 1.165) is 18.9 Å². The first-order valence-electron chi connectivity index (χ1n) is 9.75. The highest BCUT2D eigenvalue weighted by molar-refractivity contribution is 5.89. The van der Waals surface area contributed by atoms with E-state index in [4.69, 9.17) is 10.2 Å². The predicted octanol–water partition coefficient (Wildman–Crippen LogP) is 4.28. The van der Waals surface area contributed by atoms with Crippen molar-refractivity contribution in [3.8, 4) is 0 Å². The van der Waals surface area contributed by atoms with E-state index in [2.05, 4.69) is 20.6 Å². The van der Waals surface area contributed by atoms with E-state index in [0.29, 0.717) is 28.2 Å². The number of nitrogens with two attached hydrogens (primary N) is 1. The number of furan rings is 1. The summed E-state index contributed by atoms with van der Waals surface area (Å²) in [5.74, 6) is -0.604. The lowest BCUT2D eigenvalue weighted by Gasteiger charge is -2.21. The van der Waals surface area contributed by atoms with Crippen molar-refractivity contribution in [1.82, 2.24) is 15.3 Å². The second-order valence-electron chi connectivity index (χ2n) is 8.13. The van der Waals surface area contributed by atoms with Crippen LogP contribution >= 0.6 is 0 Å². The average Bonchev–Trinajstić information content (AvgIpc) is 3.35. The van der Waals surface area contributed by atoms with Gasteiger partial charge in [0.25, 0.3) is 0 Å². The van der Waals surface area contributed by atoms with Crippen LogP contribution in [-0.4, -0.2) is 16.0 Å². The molecule has 9 heteroatoms. The van der Waals surface area contributed by atoms with Crippen molar-refractivity contribution in [2.75, 3.05) is 5.32 Å². The maximum atomic E-state index is 14.1. The number of anilines is 1. The minimum Gasteiger partial charge on any atom is -0.455 e. The minimum atomic E-state index is -0.781. The molecule has 1 aliphatic carbocycles. The number of carbonyl (C=O) groups is 1. The van der Waals surface area contributed by atoms with Gasteiger partial charge in [-0.15, -0.1) is 0 Å². The summed E-state index contributed by atoms with van der Waals surface area (Å²) in [5.41, 5.74) is 6.58. The molecule has 2 aromatic heterocycles. The third-order valence-corrected chi connectivity index (χ3v) is 5.37. The van der Waals surface area contributed by atoms with Gasteiger partial charge in [0.05, 0.1) is 29.7 Å². The van der Waals surface area contributed by atoms with Crippen LogP contribution in [0.25, 0.3) is 11.0 Å². The lowest BCUT2D eigenvalue weighted by molar-refractivity contribution is 0.241. The Hall–Kier alpha value is -3.07.